The molecule has 4 rings (SSSR count). The Morgan fingerprint density at radius 2 is 1.42 bits per heavy atom. The van der Waals surface area contributed by atoms with Gasteiger partial charge < -0.3 is 4.74 Å². The van der Waals surface area contributed by atoms with Crippen LogP contribution in [-0.4, -0.2) is 12.8 Å². The van der Waals surface area contributed by atoms with Crippen molar-refractivity contribution in [2.45, 2.75) is 32.4 Å². The average molecular weight is 506 g/mol. The number of alkyl halides is 3. The van der Waals surface area contributed by atoms with Crippen LogP contribution >= 0.6 is 0 Å². The van der Waals surface area contributed by atoms with Gasteiger partial charge in [0.2, 0.25) is 0 Å². The van der Waals surface area contributed by atoms with Crippen LogP contribution in [0.25, 0.3) is 21.9 Å². The third kappa shape index (κ3) is 5.64. The second-order valence-electron chi connectivity index (χ2n) is 8.43. The number of benzene rings is 4. The molecule has 0 fully saturated rings. The Kier molecular flexibility index (Phi) is 7.24. The van der Waals surface area contributed by atoms with Crippen molar-refractivity contribution in [1.82, 2.24) is 0 Å². The zero-order valence-electron chi connectivity index (χ0n) is 19.2. The molecule has 36 heavy (non-hydrogen) atoms. The van der Waals surface area contributed by atoms with E-state index in [1.165, 1.54) is 36.4 Å². The molecule has 4 aromatic rings. The summed E-state index contributed by atoms with van der Waals surface area (Å²) < 4.78 is 99.6. The fraction of sp³-hybridized carbons (Fsp3) is 0.214. The van der Waals surface area contributed by atoms with Crippen molar-refractivity contribution in [3.8, 4) is 16.9 Å². The van der Waals surface area contributed by atoms with E-state index in [4.69, 9.17) is 0 Å². The lowest BCUT2D eigenvalue weighted by Crippen LogP contribution is -2.19. The van der Waals surface area contributed by atoms with Crippen LogP contribution in [0.1, 0.15) is 23.6 Å². The van der Waals surface area contributed by atoms with Gasteiger partial charge in [0.25, 0.3) is 0 Å². The average Bonchev–Trinajstić information content (AvgIpc) is 2.82. The molecular formula is C28H21F7O. The fourth-order valence-electron chi connectivity index (χ4n) is 4.05. The van der Waals surface area contributed by atoms with Gasteiger partial charge >= 0.3 is 6.18 Å². The molecule has 0 aliphatic carbocycles. The Bertz CT molecular complexity index is 1390. The van der Waals surface area contributed by atoms with Gasteiger partial charge in [0.15, 0.2) is 18.2 Å². The first-order valence-electron chi connectivity index (χ1n) is 11.2. The second kappa shape index (κ2) is 10.2. The molecule has 0 saturated heterocycles. The van der Waals surface area contributed by atoms with Crippen LogP contribution in [0, 0.1) is 23.3 Å². The lowest BCUT2D eigenvalue weighted by atomic mass is 9.96. The van der Waals surface area contributed by atoms with Crippen LogP contribution < -0.4 is 4.74 Å². The van der Waals surface area contributed by atoms with Gasteiger partial charge in [-0.2, -0.15) is 13.2 Å². The van der Waals surface area contributed by atoms with E-state index in [2.05, 4.69) is 4.74 Å². The zero-order valence-corrected chi connectivity index (χ0v) is 19.2. The summed E-state index contributed by atoms with van der Waals surface area (Å²) in [4.78, 5) is 0. The van der Waals surface area contributed by atoms with Crippen LogP contribution in [0.15, 0.2) is 60.7 Å². The quantitative estimate of drug-likeness (QED) is 0.229. The normalized spacial score (nSPS) is 11.8. The molecule has 0 spiro atoms. The summed E-state index contributed by atoms with van der Waals surface area (Å²) >= 11 is 0. The Labute approximate surface area is 203 Å². The third-order valence-corrected chi connectivity index (χ3v) is 5.90. The molecule has 0 radical (unpaired) electrons. The smallest absolute Gasteiger partial charge is 0.422 e. The topological polar surface area (TPSA) is 9.23 Å². The Morgan fingerprint density at radius 1 is 0.722 bits per heavy atom. The van der Waals surface area contributed by atoms with Gasteiger partial charge in [0.1, 0.15) is 17.5 Å². The van der Waals surface area contributed by atoms with Crippen molar-refractivity contribution in [2.75, 3.05) is 6.61 Å². The van der Waals surface area contributed by atoms with Crippen LogP contribution in [-0.2, 0) is 19.3 Å². The summed E-state index contributed by atoms with van der Waals surface area (Å²) in [5.41, 5.74) is 1.45. The van der Waals surface area contributed by atoms with E-state index in [1.54, 1.807) is 19.1 Å². The molecule has 0 atom stereocenters. The van der Waals surface area contributed by atoms with Gasteiger partial charge in [-0.15, -0.1) is 0 Å². The standard InChI is InChI=1S/C28H21F7O/c1-2-16-11-23(30)26(24(31)12-16)20-8-9-21-19(14-20)7-6-18(27(21)32)5-3-17-4-10-25(22(29)13-17)36-15-28(33,34)35/h4,6-14H,2-3,5,15H2,1H3. The highest BCUT2D eigenvalue weighted by atomic mass is 19.4. The number of aryl methyl sites for hydroxylation is 3. The van der Waals surface area contributed by atoms with Crippen molar-refractivity contribution in [1.29, 1.82) is 0 Å². The van der Waals surface area contributed by atoms with Crippen molar-refractivity contribution in [3.05, 3.63) is 101 Å². The van der Waals surface area contributed by atoms with Gasteiger partial charge in [-0.1, -0.05) is 37.3 Å². The Morgan fingerprint density at radius 3 is 2.06 bits per heavy atom. The van der Waals surface area contributed by atoms with E-state index in [0.29, 0.717) is 28.5 Å². The molecule has 0 unspecified atom stereocenters. The first-order valence-corrected chi connectivity index (χ1v) is 11.2. The minimum atomic E-state index is -4.58. The summed E-state index contributed by atoms with van der Waals surface area (Å²) in [5, 5.41) is 0.730. The number of ether oxygens (including phenoxy) is 1. The van der Waals surface area contributed by atoms with Crippen LogP contribution in [0.2, 0.25) is 0 Å². The van der Waals surface area contributed by atoms with Crippen molar-refractivity contribution >= 4 is 10.8 Å². The fourth-order valence-corrected chi connectivity index (χ4v) is 4.05. The van der Waals surface area contributed by atoms with E-state index in [0.717, 1.165) is 12.1 Å². The lowest BCUT2D eigenvalue weighted by Gasteiger charge is -2.12. The van der Waals surface area contributed by atoms with Crippen molar-refractivity contribution in [2.24, 2.45) is 0 Å². The van der Waals surface area contributed by atoms with Gasteiger partial charge in [0.05, 0.1) is 5.56 Å². The van der Waals surface area contributed by atoms with E-state index >= 15 is 4.39 Å². The van der Waals surface area contributed by atoms with E-state index in [1.807, 2.05) is 0 Å². The van der Waals surface area contributed by atoms with Gasteiger partial charge in [-0.05, 0) is 77.2 Å². The van der Waals surface area contributed by atoms with E-state index in [9.17, 15) is 26.3 Å². The SMILES string of the molecule is CCc1cc(F)c(-c2ccc3c(F)c(CCc4ccc(OCC(F)(F)F)c(F)c4)ccc3c2)c(F)c1. The predicted octanol–water partition coefficient (Wildman–Crippen LogP) is 8.35. The summed E-state index contributed by atoms with van der Waals surface area (Å²) in [6, 6.07) is 13.8. The number of hydrogen-bond acceptors (Lipinski definition) is 1. The molecule has 0 saturated carbocycles. The van der Waals surface area contributed by atoms with Gasteiger partial charge in [-0.25, -0.2) is 17.6 Å². The Balaban J connectivity index is 1.53. The zero-order chi connectivity index (χ0) is 26.0. The molecule has 0 aliphatic rings. The molecule has 4 aromatic carbocycles. The lowest BCUT2D eigenvalue weighted by molar-refractivity contribution is -0.153. The highest BCUT2D eigenvalue weighted by molar-refractivity contribution is 5.88. The maximum atomic E-state index is 15.2. The minimum absolute atomic E-state index is 0.178. The maximum absolute atomic E-state index is 15.2. The molecule has 8 heteroatoms. The molecule has 0 N–H and O–H groups in total. The summed E-state index contributed by atoms with van der Waals surface area (Å²) in [5.74, 6) is -3.33. The molecular weight excluding hydrogens is 485 g/mol. The summed E-state index contributed by atoms with van der Waals surface area (Å²) in [6.07, 6.45) is -3.66. The first-order chi connectivity index (χ1) is 17.1. The van der Waals surface area contributed by atoms with E-state index < -0.39 is 41.8 Å². The number of fused-ring (bicyclic) bond motifs is 1. The van der Waals surface area contributed by atoms with E-state index in [-0.39, 0.29) is 29.4 Å². The number of rotatable bonds is 7. The highest BCUT2D eigenvalue weighted by Gasteiger charge is 2.29. The molecule has 188 valence electrons. The summed E-state index contributed by atoms with van der Waals surface area (Å²) in [6.45, 7) is 0.194. The largest absolute Gasteiger partial charge is 0.481 e. The molecule has 0 aliphatic heterocycles. The molecule has 0 aromatic heterocycles. The maximum Gasteiger partial charge on any atom is 0.422 e. The molecule has 0 bridgehead atoms. The third-order valence-electron chi connectivity index (χ3n) is 5.90. The van der Waals surface area contributed by atoms with Crippen LogP contribution in [0.5, 0.6) is 5.75 Å². The molecule has 0 amide bonds. The van der Waals surface area contributed by atoms with Crippen molar-refractivity contribution < 1.29 is 35.5 Å². The molecule has 0 heterocycles. The van der Waals surface area contributed by atoms with Gasteiger partial charge in [0, 0.05) is 5.39 Å². The predicted molar refractivity (Wildman–Crippen MR) is 124 cm³/mol. The first kappa shape index (κ1) is 25.5. The van der Waals surface area contributed by atoms with Crippen LogP contribution in [0.4, 0.5) is 30.7 Å². The van der Waals surface area contributed by atoms with Crippen molar-refractivity contribution in [3.63, 3.8) is 0 Å². The molecule has 1 nitrogen and oxygen atoms in total. The van der Waals surface area contributed by atoms with Crippen LogP contribution in [0.3, 0.4) is 0 Å². The monoisotopic (exact) mass is 506 g/mol. The summed E-state index contributed by atoms with van der Waals surface area (Å²) in [7, 11) is 0. The number of halogens is 7. The minimum Gasteiger partial charge on any atom is -0.481 e. The number of hydrogen-bond donors (Lipinski definition) is 0. The highest BCUT2D eigenvalue weighted by Crippen LogP contribution is 2.32. The second-order valence-corrected chi connectivity index (χ2v) is 8.43. The van der Waals surface area contributed by atoms with Gasteiger partial charge in [-0.3, -0.25) is 0 Å². The Hall–Kier alpha value is -3.55.